The molecule has 0 unspecified atom stereocenters. The standard InChI is InChI=1S/C14H14N2OS/c1-9(2)13-12(8-15)18-14(16-13)10-5-4-6-11(7-10)17-3/h4-7,9H,1-3H3. The molecule has 0 aliphatic rings. The van der Waals surface area contributed by atoms with Gasteiger partial charge >= 0.3 is 0 Å². The minimum Gasteiger partial charge on any atom is -0.497 e. The van der Waals surface area contributed by atoms with E-state index < -0.39 is 0 Å². The first-order valence-corrected chi connectivity index (χ1v) is 6.52. The molecule has 1 aromatic heterocycles. The average molecular weight is 258 g/mol. The summed E-state index contributed by atoms with van der Waals surface area (Å²) >= 11 is 1.43. The second-order valence-electron chi connectivity index (χ2n) is 4.23. The van der Waals surface area contributed by atoms with E-state index in [4.69, 9.17) is 10.00 Å². The topological polar surface area (TPSA) is 45.9 Å². The Morgan fingerprint density at radius 1 is 1.39 bits per heavy atom. The normalized spacial score (nSPS) is 10.4. The van der Waals surface area contributed by atoms with E-state index in [1.54, 1.807) is 7.11 Å². The molecular weight excluding hydrogens is 244 g/mol. The van der Waals surface area contributed by atoms with Gasteiger partial charge in [-0.15, -0.1) is 11.3 Å². The highest BCUT2D eigenvalue weighted by Gasteiger charge is 2.15. The monoisotopic (exact) mass is 258 g/mol. The predicted octanol–water partition coefficient (Wildman–Crippen LogP) is 3.81. The van der Waals surface area contributed by atoms with Gasteiger partial charge in [-0.25, -0.2) is 4.98 Å². The number of benzene rings is 1. The summed E-state index contributed by atoms with van der Waals surface area (Å²) in [5.41, 5.74) is 1.86. The lowest BCUT2D eigenvalue weighted by Crippen LogP contribution is -1.90. The second kappa shape index (κ2) is 5.19. The van der Waals surface area contributed by atoms with Crippen LogP contribution < -0.4 is 4.74 Å². The predicted molar refractivity (Wildman–Crippen MR) is 72.9 cm³/mol. The van der Waals surface area contributed by atoms with E-state index in [0.717, 1.165) is 22.0 Å². The van der Waals surface area contributed by atoms with Crippen LogP contribution in [0.1, 0.15) is 30.3 Å². The lowest BCUT2D eigenvalue weighted by atomic mass is 10.1. The molecule has 0 N–H and O–H groups in total. The quantitative estimate of drug-likeness (QED) is 0.840. The van der Waals surface area contributed by atoms with E-state index in [-0.39, 0.29) is 5.92 Å². The molecule has 4 heteroatoms. The van der Waals surface area contributed by atoms with E-state index in [2.05, 4.69) is 11.1 Å². The van der Waals surface area contributed by atoms with Crippen molar-refractivity contribution in [2.24, 2.45) is 0 Å². The number of rotatable bonds is 3. The molecule has 0 aliphatic heterocycles. The number of hydrogen-bond acceptors (Lipinski definition) is 4. The van der Waals surface area contributed by atoms with E-state index in [1.807, 2.05) is 38.1 Å². The van der Waals surface area contributed by atoms with Crippen LogP contribution in [-0.4, -0.2) is 12.1 Å². The Bertz CT molecular complexity index is 596. The summed E-state index contributed by atoms with van der Waals surface area (Å²) in [5.74, 6) is 1.06. The van der Waals surface area contributed by atoms with Gasteiger partial charge in [0.05, 0.1) is 12.8 Å². The molecule has 3 nitrogen and oxygen atoms in total. The minimum atomic E-state index is 0.259. The number of ether oxygens (including phenoxy) is 1. The summed E-state index contributed by atoms with van der Waals surface area (Å²) < 4.78 is 5.20. The zero-order valence-electron chi connectivity index (χ0n) is 10.6. The second-order valence-corrected chi connectivity index (χ2v) is 5.23. The number of nitriles is 1. The fourth-order valence-corrected chi connectivity index (χ4v) is 2.70. The average Bonchev–Trinajstić information content (AvgIpc) is 2.83. The van der Waals surface area contributed by atoms with Gasteiger partial charge in [-0.3, -0.25) is 0 Å². The van der Waals surface area contributed by atoms with Gasteiger partial charge in [0.15, 0.2) is 0 Å². The van der Waals surface area contributed by atoms with Gasteiger partial charge in [0.2, 0.25) is 0 Å². The van der Waals surface area contributed by atoms with Crippen LogP contribution in [0.5, 0.6) is 5.75 Å². The largest absolute Gasteiger partial charge is 0.497 e. The van der Waals surface area contributed by atoms with Gasteiger partial charge in [0.1, 0.15) is 21.7 Å². The molecule has 2 rings (SSSR count). The van der Waals surface area contributed by atoms with Gasteiger partial charge in [0.25, 0.3) is 0 Å². The molecule has 0 radical (unpaired) electrons. The first-order valence-electron chi connectivity index (χ1n) is 5.71. The Balaban J connectivity index is 2.48. The van der Waals surface area contributed by atoms with Crippen LogP contribution in [0.3, 0.4) is 0 Å². The Labute approximate surface area is 111 Å². The molecule has 1 heterocycles. The highest BCUT2D eigenvalue weighted by atomic mass is 32.1. The van der Waals surface area contributed by atoms with Gasteiger partial charge in [-0.1, -0.05) is 26.0 Å². The lowest BCUT2D eigenvalue weighted by molar-refractivity contribution is 0.415. The van der Waals surface area contributed by atoms with Crippen molar-refractivity contribution in [3.63, 3.8) is 0 Å². The molecule has 0 saturated carbocycles. The Morgan fingerprint density at radius 3 is 2.72 bits per heavy atom. The molecule has 0 spiro atoms. The molecule has 0 bridgehead atoms. The van der Waals surface area contributed by atoms with Crippen molar-refractivity contribution >= 4 is 11.3 Å². The number of methoxy groups -OCH3 is 1. The Hall–Kier alpha value is -1.86. The molecule has 0 amide bonds. The zero-order valence-corrected chi connectivity index (χ0v) is 11.4. The Kier molecular flexibility index (Phi) is 3.63. The van der Waals surface area contributed by atoms with Crippen LogP contribution in [0.4, 0.5) is 0 Å². The maximum absolute atomic E-state index is 9.12. The zero-order chi connectivity index (χ0) is 13.1. The van der Waals surface area contributed by atoms with Crippen LogP contribution >= 0.6 is 11.3 Å². The first-order chi connectivity index (χ1) is 8.65. The van der Waals surface area contributed by atoms with E-state index in [0.29, 0.717) is 4.88 Å². The fraction of sp³-hybridized carbons (Fsp3) is 0.286. The number of nitrogens with zero attached hydrogens (tertiary/aromatic N) is 2. The van der Waals surface area contributed by atoms with Crippen molar-refractivity contribution in [2.45, 2.75) is 19.8 Å². The van der Waals surface area contributed by atoms with Crippen molar-refractivity contribution in [3.05, 3.63) is 34.8 Å². The van der Waals surface area contributed by atoms with Crippen molar-refractivity contribution in [3.8, 4) is 22.4 Å². The van der Waals surface area contributed by atoms with Crippen LogP contribution in [-0.2, 0) is 0 Å². The molecule has 1 aromatic carbocycles. The van der Waals surface area contributed by atoms with Crippen LogP contribution in [0.2, 0.25) is 0 Å². The Morgan fingerprint density at radius 2 is 2.17 bits per heavy atom. The lowest BCUT2D eigenvalue weighted by Gasteiger charge is -2.01. The maximum Gasteiger partial charge on any atom is 0.128 e. The van der Waals surface area contributed by atoms with E-state index in [9.17, 15) is 0 Å². The highest BCUT2D eigenvalue weighted by Crippen LogP contribution is 2.32. The smallest absolute Gasteiger partial charge is 0.128 e. The fourth-order valence-electron chi connectivity index (χ4n) is 1.68. The molecule has 2 aromatic rings. The van der Waals surface area contributed by atoms with Gasteiger partial charge in [-0.2, -0.15) is 5.26 Å². The molecular formula is C14H14N2OS. The SMILES string of the molecule is COc1cccc(-c2nc(C(C)C)c(C#N)s2)c1. The first kappa shape index (κ1) is 12.6. The number of hydrogen-bond donors (Lipinski definition) is 0. The van der Waals surface area contributed by atoms with E-state index in [1.165, 1.54) is 11.3 Å². The molecule has 92 valence electrons. The van der Waals surface area contributed by atoms with Gasteiger partial charge in [0, 0.05) is 5.56 Å². The summed E-state index contributed by atoms with van der Waals surface area (Å²) in [7, 11) is 1.64. The summed E-state index contributed by atoms with van der Waals surface area (Å²) in [6.07, 6.45) is 0. The maximum atomic E-state index is 9.12. The summed E-state index contributed by atoms with van der Waals surface area (Å²) in [6, 6.07) is 9.96. The molecule has 0 aliphatic carbocycles. The molecule has 0 saturated heterocycles. The summed E-state index contributed by atoms with van der Waals surface area (Å²) in [4.78, 5) is 5.26. The van der Waals surface area contributed by atoms with E-state index >= 15 is 0 Å². The third kappa shape index (κ3) is 2.36. The van der Waals surface area contributed by atoms with Crippen molar-refractivity contribution < 1.29 is 4.74 Å². The number of aromatic nitrogens is 1. The number of thiazole rings is 1. The minimum absolute atomic E-state index is 0.259. The summed E-state index contributed by atoms with van der Waals surface area (Å²) in [5, 5.41) is 9.99. The van der Waals surface area contributed by atoms with Crippen molar-refractivity contribution in [2.75, 3.05) is 7.11 Å². The van der Waals surface area contributed by atoms with Gasteiger partial charge in [-0.05, 0) is 18.1 Å². The highest BCUT2D eigenvalue weighted by molar-refractivity contribution is 7.15. The van der Waals surface area contributed by atoms with Crippen molar-refractivity contribution in [1.29, 1.82) is 5.26 Å². The third-order valence-corrected chi connectivity index (χ3v) is 3.64. The molecule has 18 heavy (non-hydrogen) atoms. The van der Waals surface area contributed by atoms with Crippen LogP contribution in [0.15, 0.2) is 24.3 Å². The van der Waals surface area contributed by atoms with Gasteiger partial charge < -0.3 is 4.74 Å². The van der Waals surface area contributed by atoms with Crippen LogP contribution in [0, 0.1) is 11.3 Å². The molecule has 0 atom stereocenters. The summed E-state index contributed by atoms with van der Waals surface area (Å²) in [6.45, 7) is 4.09. The third-order valence-electron chi connectivity index (χ3n) is 2.62. The molecule has 0 fully saturated rings. The van der Waals surface area contributed by atoms with Crippen molar-refractivity contribution in [1.82, 2.24) is 4.98 Å². The van der Waals surface area contributed by atoms with Crippen LogP contribution in [0.25, 0.3) is 10.6 Å².